The van der Waals surface area contributed by atoms with Crippen molar-refractivity contribution in [2.45, 2.75) is 0 Å². The minimum atomic E-state index is 0.319. The van der Waals surface area contributed by atoms with E-state index in [-0.39, 0.29) is 0 Å². The number of nitrogens with two attached hydrogens (primary N) is 1. The first-order valence-corrected chi connectivity index (χ1v) is 4.57. The van der Waals surface area contributed by atoms with Crippen LogP contribution in [0, 0.1) is 0 Å². The minimum Gasteiger partial charge on any atom is -0.376 e. The van der Waals surface area contributed by atoms with E-state index in [0.717, 1.165) is 11.3 Å². The third-order valence-corrected chi connectivity index (χ3v) is 2.15. The van der Waals surface area contributed by atoms with Gasteiger partial charge in [0.2, 0.25) is 0 Å². The van der Waals surface area contributed by atoms with Gasteiger partial charge in [-0.25, -0.2) is 0 Å². The highest BCUT2D eigenvalue weighted by Crippen LogP contribution is 2.20. The van der Waals surface area contributed by atoms with Crippen LogP contribution in [0.5, 0.6) is 0 Å². The number of benzene rings is 1. The average molecular weight is 203 g/mol. The molecule has 0 saturated carbocycles. The summed E-state index contributed by atoms with van der Waals surface area (Å²) in [7, 11) is 0. The number of hydrogen-bond donors (Lipinski definition) is 1. The van der Waals surface area contributed by atoms with Gasteiger partial charge in [-0.1, -0.05) is 18.2 Å². The van der Waals surface area contributed by atoms with Crippen LogP contribution in [-0.2, 0) is 0 Å². The lowest BCUT2D eigenvalue weighted by Gasteiger charge is -2.18. The smallest absolute Gasteiger partial charge is 0.175 e. The van der Waals surface area contributed by atoms with Crippen LogP contribution in [0.2, 0.25) is 0 Å². The topological polar surface area (TPSA) is 41.6 Å². The molecule has 70 valence electrons. The molecule has 1 aromatic carbocycles. The van der Waals surface area contributed by atoms with Crippen LogP contribution in [0.3, 0.4) is 0 Å². The highest BCUT2D eigenvalue weighted by atomic mass is 32.1. The first-order valence-electron chi connectivity index (χ1n) is 4.16. The van der Waals surface area contributed by atoms with Gasteiger partial charge >= 0.3 is 0 Å². The number of thiocarbonyl (C=S) groups is 1. The lowest BCUT2D eigenvalue weighted by molar-refractivity contribution is 1.33. The van der Waals surface area contributed by atoms with Gasteiger partial charge in [-0.3, -0.25) is 9.89 Å². The third kappa shape index (κ3) is 1.52. The minimum absolute atomic E-state index is 0.319. The second-order valence-electron chi connectivity index (χ2n) is 2.84. The number of nitrogens with zero attached hydrogens (tertiary/aromatic N) is 2. The number of para-hydroxylation sites is 1. The Morgan fingerprint density at radius 2 is 2.14 bits per heavy atom. The van der Waals surface area contributed by atoms with Crippen LogP contribution < -0.4 is 10.6 Å². The molecule has 0 amide bonds. The Bertz CT molecular complexity index is 423. The fourth-order valence-electron chi connectivity index (χ4n) is 1.32. The predicted octanol–water partition coefficient (Wildman–Crippen LogP) is 1.64. The summed E-state index contributed by atoms with van der Waals surface area (Å²) in [4.78, 5) is 5.82. The molecule has 0 saturated heterocycles. The van der Waals surface area contributed by atoms with Gasteiger partial charge in [0.25, 0.3) is 0 Å². The van der Waals surface area contributed by atoms with Crippen molar-refractivity contribution in [3.63, 3.8) is 0 Å². The Kier molecular flexibility index (Phi) is 2.28. The van der Waals surface area contributed by atoms with E-state index in [1.165, 1.54) is 0 Å². The molecular formula is C10H9N3S. The Labute approximate surface area is 87.5 Å². The summed E-state index contributed by atoms with van der Waals surface area (Å²) in [5.41, 5.74) is 7.56. The van der Waals surface area contributed by atoms with E-state index in [9.17, 15) is 0 Å². The van der Waals surface area contributed by atoms with E-state index in [0.29, 0.717) is 5.11 Å². The van der Waals surface area contributed by atoms with E-state index in [4.69, 9.17) is 18.0 Å². The molecule has 3 nitrogen and oxygen atoms in total. The Morgan fingerprint density at radius 1 is 1.36 bits per heavy atom. The van der Waals surface area contributed by atoms with Gasteiger partial charge in [0.15, 0.2) is 5.11 Å². The molecule has 2 rings (SSSR count). The quantitative estimate of drug-likeness (QED) is 0.652. The highest BCUT2D eigenvalue weighted by molar-refractivity contribution is 7.80. The maximum atomic E-state index is 5.60. The van der Waals surface area contributed by atoms with Gasteiger partial charge in [-0.2, -0.15) is 0 Å². The first kappa shape index (κ1) is 8.90. The molecule has 1 aromatic rings. The zero-order valence-electron chi connectivity index (χ0n) is 7.42. The monoisotopic (exact) mass is 203 g/mol. The maximum absolute atomic E-state index is 5.60. The molecule has 0 unspecified atom stereocenters. The van der Waals surface area contributed by atoms with Crippen LogP contribution in [0.15, 0.2) is 41.7 Å². The summed E-state index contributed by atoms with van der Waals surface area (Å²) >= 11 is 4.95. The normalized spacial score (nSPS) is 13.6. The zero-order valence-corrected chi connectivity index (χ0v) is 8.24. The third-order valence-electron chi connectivity index (χ3n) is 1.95. The Hall–Kier alpha value is -1.68. The van der Waals surface area contributed by atoms with Gasteiger partial charge in [0.1, 0.15) is 0 Å². The molecule has 0 fully saturated rings. The van der Waals surface area contributed by atoms with E-state index in [1.54, 1.807) is 23.5 Å². The molecule has 0 spiro atoms. The molecule has 4 heteroatoms. The van der Waals surface area contributed by atoms with E-state index in [2.05, 4.69) is 4.99 Å². The van der Waals surface area contributed by atoms with E-state index < -0.39 is 0 Å². The molecule has 0 aliphatic carbocycles. The fraction of sp³-hybridized carbons (Fsp3) is 0. The van der Waals surface area contributed by atoms with Crippen molar-refractivity contribution in [1.29, 1.82) is 0 Å². The maximum Gasteiger partial charge on any atom is 0.175 e. The van der Waals surface area contributed by atoms with Crippen molar-refractivity contribution in [3.8, 4) is 0 Å². The van der Waals surface area contributed by atoms with Crippen molar-refractivity contribution >= 4 is 29.2 Å². The van der Waals surface area contributed by atoms with Crippen molar-refractivity contribution in [2.75, 3.05) is 4.90 Å². The first-order chi connectivity index (χ1) is 6.79. The molecule has 1 heterocycles. The molecule has 2 N–H and O–H groups in total. The molecular weight excluding hydrogens is 194 g/mol. The molecule has 1 aliphatic rings. The summed E-state index contributed by atoms with van der Waals surface area (Å²) in [5.74, 6) is 0. The molecule has 0 atom stereocenters. The number of rotatable bonds is 0. The standard InChI is InChI=1S/C10H9N3S/c11-10(14)13-6-5-12-7-8-3-1-2-4-9(8)13/h1-7H,(H2,11,14). The summed E-state index contributed by atoms with van der Waals surface area (Å²) in [6, 6.07) is 7.82. The Balaban J connectivity index is 2.55. The van der Waals surface area contributed by atoms with Crippen molar-refractivity contribution in [2.24, 2.45) is 10.7 Å². The molecule has 0 radical (unpaired) electrons. The summed E-state index contributed by atoms with van der Waals surface area (Å²) in [6.07, 6.45) is 5.20. The predicted molar refractivity (Wildman–Crippen MR) is 62.4 cm³/mol. The molecule has 0 aromatic heterocycles. The largest absolute Gasteiger partial charge is 0.376 e. The fourth-order valence-corrected chi connectivity index (χ4v) is 1.48. The van der Waals surface area contributed by atoms with Gasteiger partial charge in [0, 0.05) is 24.2 Å². The zero-order chi connectivity index (χ0) is 9.97. The van der Waals surface area contributed by atoms with Crippen LogP contribution >= 0.6 is 12.2 Å². The lowest BCUT2D eigenvalue weighted by Crippen LogP contribution is -2.30. The van der Waals surface area contributed by atoms with Crippen molar-refractivity contribution in [1.82, 2.24) is 0 Å². The van der Waals surface area contributed by atoms with E-state index >= 15 is 0 Å². The average Bonchev–Trinajstić information content (AvgIpc) is 2.39. The molecule has 14 heavy (non-hydrogen) atoms. The van der Waals surface area contributed by atoms with Crippen molar-refractivity contribution in [3.05, 3.63) is 42.2 Å². The van der Waals surface area contributed by atoms with Crippen molar-refractivity contribution < 1.29 is 0 Å². The van der Waals surface area contributed by atoms with Gasteiger partial charge in [-0.15, -0.1) is 0 Å². The van der Waals surface area contributed by atoms with Crippen LogP contribution in [0.1, 0.15) is 5.56 Å². The SMILES string of the molecule is NC(=S)N1C=CN=Cc2ccccc21. The van der Waals surface area contributed by atoms with Crippen LogP contribution in [0.25, 0.3) is 0 Å². The number of fused-ring (bicyclic) bond motifs is 1. The van der Waals surface area contributed by atoms with E-state index in [1.807, 2.05) is 24.3 Å². The highest BCUT2D eigenvalue weighted by Gasteiger charge is 2.10. The van der Waals surface area contributed by atoms with Gasteiger partial charge < -0.3 is 5.73 Å². The van der Waals surface area contributed by atoms with Crippen LogP contribution in [0.4, 0.5) is 5.69 Å². The van der Waals surface area contributed by atoms with Gasteiger partial charge in [0.05, 0.1) is 5.69 Å². The summed E-state index contributed by atoms with van der Waals surface area (Å²) < 4.78 is 0. The van der Waals surface area contributed by atoms with Crippen LogP contribution in [-0.4, -0.2) is 11.3 Å². The second-order valence-corrected chi connectivity index (χ2v) is 3.26. The molecule has 0 bridgehead atoms. The second kappa shape index (κ2) is 3.59. The number of aliphatic imine (C=N–C) groups is 1. The number of anilines is 1. The number of hydrogen-bond acceptors (Lipinski definition) is 2. The van der Waals surface area contributed by atoms with Gasteiger partial charge in [-0.05, 0) is 18.3 Å². The Morgan fingerprint density at radius 3 is 2.93 bits per heavy atom. The summed E-state index contributed by atoms with van der Waals surface area (Å²) in [5, 5.41) is 0.319. The molecule has 1 aliphatic heterocycles. The summed E-state index contributed by atoms with van der Waals surface area (Å²) in [6.45, 7) is 0. The lowest BCUT2D eigenvalue weighted by atomic mass is 10.2.